The smallest absolute Gasteiger partial charge is 0.399 e. The van der Waals surface area contributed by atoms with Gasteiger partial charge in [-0.3, -0.25) is 0 Å². The fourth-order valence-corrected chi connectivity index (χ4v) is 2.11. The van der Waals surface area contributed by atoms with E-state index in [0.29, 0.717) is 0 Å². The maximum Gasteiger partial charge on any atom is 0.416 e. The molecule has 0 heterocycles. The van der Waals surface area contributed by atoms with Gasteiger partial charge in [0.15, 0.2) is 0 Å². The summed E-state index contributed by atoms with van der Waals surface area (Å²) >= 11 is 8.41. The van der Waals surface area contributed by atoms with E-state index in [1.807, 2.05) is 0 Å². The van der Waals surface area contributed by atoms with Crippen molar-refractivity contribution >= 4 is 33.2 Å². The first-order valence-electron chi connectivity index (χ1n) is 3.57. The molecule has 0 unspecified atom stereocenters. The molecule has 0 saturated carbocycles. The number of halogens is 5. The van der Waals surface area contributed by atoms with Gasteiger partial charge in [0.25, 0.3) is 0 Å². The minimum absolute atomic E-state index is 0.00775. The van der Waals surface area contributed by atoms with Crippen molar-refractivity contribution in [1.29, 1.82) is 0 Å². The number of nitrogen functional groups attached to an aromatic ring is 1. The number of alkyl halides is 4. The topological polar surface area (TPSA) is 26.0 Å². The highest BCUT2D eigenvalue weighted by Crippen LogP contribution is 2.37. The van der Waals surface area contributed by atoms with E-state index >= 15 is 0 Å². The predicted octanol–water partition coefficient (Wildman–Crippen LogP) is 3.79. The Bertz CT molecular complexity index is 351. The number of benzene rings is 1. The summed E-state index contributed by atoms with van der Waals surface area (Å²) in [6, 6.07) is 2.27. The van der Waals surface area contributed by atoms with E-state index in [4.69, 9.17) is 17.3 Å². The van der Waals surface area contributed by atoms with Crippen molar-refractivity contribution in [3.63, 3.8) is 0 Å². The molecule has 0 bridgehead atoms. The van der Waals surface area contributed by atoms with Crippen LogP contribution < -0.4 is 5.73 Å². The molecule has 6 heteroatoms. The molecule has 0 saturated heterocycles. The van der Waals surface area contributed by atoms with Crippen LogP contribution in [0.1, 0.15) is 11.1 Å². The van der Waals surface area contributed by atoms with E-state index in [-0.39, 0.29) is 21.6 Å². The Morgan fingerprint density at radius 3 is 2.36 bits per heavy atom. The van der Waals surface area contributed by atoms with Gasteiger partial charge in [0.2, 0.25) is 0 Å². The zero-order valence-corrected chi connectivity index (χ0v) is 9.17. The predicted molar refractivity (Wildman–Crippen MR) is 53.1 cm³/mol. The Morgan fingerprint density at radius 1 is 1.36 bits per heavy atom. The van der Waals surface area contributed by atoms with Gasteiger partial charge >= 0.3 is 6.18 Å². The summed E-state index contributed by atoms with van der Waals surface area (Å²) in [6.07, 6.45) is -4.43. The maximum absolute atomic E-state index is 12.5. The molecular formula is C8H6BrClF3N. The highest BCUT2D eigenvalue weighted by atomic mass is 79.9. The molecule has 78 valence electrons. The van der Waals surface area contributed by atoms with Gasteiger partial charge in [0.1, 0.15) is 0 Å². The first-order valence-corrected chi connectivity index (χ1v) is 4.90. The Morgan fingerprint density at radius 2 is 1.93 bits per heavy atom. The van der Waals surface area contributed by atoms with Crippen molar-refractivity contribution in [2.24, 2.45) is 0 Å². The molecule has 0 aliphatic rings. The van der Waals surface area contributed by atoms with Crippen LogP contribution in [0.3, 0.4) is 0 Å². The van der Waals surface area contributed by atoms with Crippen LogP contribution in [0.15, 0.2) is 16.6 Å². The minimum atomic E-state index is -4.43. The van der Waals surface area contributed by atoms with E-state index in [1.54, 1.807) is 0 Å². The first-order chi connectivity index (χ1) is 6.36. The molecule has 0 fully saturated rings. The van der Waals surface area contributed by atoms with Crippen molar-refractivity contribution in [2.75, 3.05) is 5.73 Å². The van der Waals surface area contributed by atoms with Gasteiger partial charge in [-0.05, 0) is 17.7 Å². The molecule has 0 radical (unpaired) electrons. The summed E-state index contributed by atoms with van der Waals surface area (Å²) in [5, 5.41) is 0. The molecule has 0 aliphatic heterocycles. The summed E-state index contributed by atoms with van der Waals surface area (Å²) < 4.78 is 37.7. The molecular weight excluding hydrogens is 282 g/mol. The van der Waals surface area contributed by atoms with Crippen molar-refractivity contribution in [1.82, 2.24) is 0 Å². The number of hydrogen-bond donors (Lipinski definition) is 1. The van der Waals surface area contributed by atoms with E-state index < -0.39 is 11.7 Å². The molecule has 1 aromatic carbocycles. The van der Waals surface area contributed by atoms with Crippen LogP contribution in [-0.4, -0.2) is 0 Å². The van der Waals surface area contributed by atoms with Crippen molar-refractivity contribution in [3.05, 3.63) is 27.7 Å². The molecule has 1 nitrogen and oxygen atoms in total. The molecule has 0 aliphatic carbocycles. The first kappa shape index (κ1) is 11.7. The summed E-state index contributed by atoms with van der Waals surface area (Å²) in [5.41, 5.74) is 4.58. The number of hydrogen-bond acceptors (Lipinski definition) is 1. The highest BCUT2D eigenvalue weighted by Gasteiger charge is 2.34. The van der Waals surface area contributed by atoms with Gasteiger partial charge in [-0.1, -0.05) is 15.9 Å². The van der Waals surface area contributed by atoms with Crippen molar-refractivity contribution < 1.29 is 13.2 Å². The van der Waals surface area contributed by atoms with Crippen LogP contribution in [0.25, 0.3) is 0 Å². The summed E-state index contributed by atoms with van der Waals surface area (Å²) in [4.78, 5) is 0. The second-order valence-electron chi connectivity index (χ2n) is 2.66. The average molecular weight is 288 g/mol. The van der Waals surface area contributed by atoms with E-state index in [9.17, 15) is 13.2 Å². The van der Waals surface area contributed by atoms with Crippen molar-refractivity contribution in [2.45, 2.75) is 12.1 Å². The third-order valence-corrected chi connectivity index (χ3v) is 2.63. The average Bonchev–Trinajstić information content (AvgIpc) is 2.01. The highest BCUT2D eigenvalue weighted by molar-refractivity contribution is 9.10. The molecule has 0 aromatic heterocycles. The molecule has 2 N–H and O–H groups in total. The van der Waals surface area contributed by atoms with Gasteiger partial charge < -0.3 is 5.73 Å². The standard InChI is InChI=1S/C8H6BrClF3N/c9-7-2-4(14)1-6(5(7)3-10)8(11,12)13/h1-2H,3,14H2. The molecule has 14 heavy (non-hydrogen) atoms. The molecule has 0 atom stereocenters. The van der Waals surface area contributed by atoms with Crippen LogP contribution in [0.4, 0.5) is 18.9 Å². The lowest BCUT2D eigenvalue weighted by molar-refractivity contribution is -0.138. The second-order valence-corrected chi connectivity index (χ2v) is 3.78. The SMILES string of the molecule is Nc1cc(Br)c(CCl)c(C(F)(F)F)c1. The zero-order chi connectivity index (χ0) is 10.9. The van der Waals surface area contributed by atoms with Crippen LogP contribution in [0.2, 0.25) is 0 Å². The van der Waals surface area contributed by atoms with Gasteiger partial charge in [0, 0.05) is 16.0 Å². The fourth-order valence-electron chi connectivity index (χ4n) is 1.05. The quantitative estimate of drug-likeness (QED) is 0.617. The minimum Gasteiger partial charge on any atom is -0.399 e. The lowest BCUT2D eigenvalue weighted by Crippen LogP contribution is -2.10. The summed E-state index contributed by atoms with van der Waals surface area (Å²) in [6.45, 7) is 0. The molecule has 1 aromatic rings. The van der Waals surface area contributed by atoms with Gasteiger partial charge in [-0.2, -0.15) is 13.2 Å². The van der Waals surface area contributed by atoms with Crippen LogP contribution >= 0.6 is 27.5 Å². The Balaban J connectivity index is 3.40. The van der Waals surface area contributed by atoms with E-state index in [0.717, 1.165) is 6.07 Å². The van der Waals surface area contributed by atoms with E-state index in [1.165, 1.54) is 6.07 Å². The fraction of sp³-hybridized carbons (Fsp3) is 0.250. The Kier molecular flexibility index (Phi) is 3.32. The van der Waals surface area contributed by atoms with Crippen LogP contribution in [-0.2, 0) is 12.1 Å². The molecule has 0 amide bonds. The molecule has 0 spiro atoms. The van der Waals surface area contributed by atoms with Crippen LogP contribution in [0, 0.1) is 0 Å². The number of nitrogens with two attached hydrogens (primary N) is 1. The van der Waals surface area contributed by atoms with Crippen molar-refractivity contribution in [3.8, 4) is 0 Å². The Labute approximate surface area is 92.2 Å². The third kappa shape index (κ3) is 2.33. The van der Waals surface area contributed by atoms with Crippen LogP contribution in [0.5, 0.6) is 0 Å². The van der Waals surface area contributed by atoms with Gasteiger partial charge in [-0.25, -0.2) is 0 Å². The zero-order valence-electron chi connectivity index (χ0n) is 6.83. The second kappa shape index (κ2) is 3.98. The summed E-state index contributed by atoms with van der Waals surface area (Å²) in [7, 11) is 0. The number of rotatable bonds is 1. The third-order valence-electron chi connectivity index (χ3n) is 1.66. The largest absolute Gasteiger partial charge is 0.416 e. The summed E-state index contributed by atoms with van der Waals surface area (Å²) in [5.74, 6) is -0.213. The lowest BCUT2D eigenvalue weighted by atomic mass is 10.1. The monoisotopic (exact) mass is 287 g/mol. The molecule has 1 rings (SSSR count). The van der Waals surface area contributed by atoms with Gasteiger partial charge in [-0.15, -0.1) is 11.6 Å². The van der Waals surface area contributed by atoms with Gasteiger partial charge in [0.05, 0.1) is 5.56 Å². The van der Waals surface area contributed by atoms with E-state index in [2.05, 4.69) is 15.9 Å². The normalized spacial score (nSPS) is 11.8. The number of anilines is 1. The lowest BCUT2D eigenvalue weighted by Gasteiger charge is -2.13. The maximum atomic E-state index is 12.5. The Hall–Kier alpha value is -0.420.